The number of ether oxygens (including phenoxy) is 2. The molecule has 2 aromatic rings. The summed E-state index contributed by atoms with van der Waals surface area (Å²) in [5, 5.41) is 5.64. The Kier molecular flexibility index (Phi) is 4.84. The van der Waals surface area contributed by atoms with Crippen molar-refractivity contribution in [2.24, 2.45) is 5.41 Å². The van der Waals surface area contributed by atoms with Gasteiger partial charge in [-0.15, -0.1) is 0 Å². The van der Waals surface area contributed by atoms with E-state index in [1.807, 2.05) is 32.9 Å². The van der Waals surface area contributed by atoms with Crippen molar-refractivity contribution in [1.82, 2.24) is 0 Å². The Hall–Kier alpha value is -3.02. The number of para-hydroxylation sites is 2. The largest absolute Gasteiger partial charge is 0.485 e. The molecule has 0 radical (unpaired) electrons. The van der Waals surface area contributed by atoms with E-state index in [-0.39, 0.29) is 18.4 Å². The normalized spacial score (nSPS) is 15.9. The van der Waals surface area contributed by atoms with Crippen LogP contribution >= 0.6 is 0 Å². The molecule has 136 valence electrons. The minimum Gasteiger partial charge on any atom is -0.485 e. The standard InChI is InChI=1S/C20H22N2O4/c1-20(2,3)19(24)22-14-10-8-13(9-11-14)21-18(23)17-12-25-15-6-4-5-7-16(15)26-17/h4-11,17H,12H2,1-3H3,(H,21,23)(H,22,24)/t17-/m1/s1. The number of anilines is 2. The lowest BCUT2D eigenvalue weighted by Crippen LogP contribution is -2.40. The van der Waals surface area contributed by atoms with Gasteiger partial charge in [0.2, 0.25) is 12.0 Å². The van der Waals surface area contributed by atoms with Crippen LogP contribution in [-0.2, 0) is 9.59 Å². The molecule has 6 heteroatoms. The number of carbonyl (C=O) groups is 2. The van der Waals surface area contributed by atoms with E-state index in [9.17, 15) is 9.59 Å². The minimum absolute atomic E-state index is 0.0688. The molecule has 2 N–H and O–H groups in total. The van der Waals surface area contributed by atoms with E-state index in [0.29, 0.717) is 22.9 Å². The van der Waals surface area contributed by atoms with Crippen LogP contribution in [0.3, 0.4) is 0 Å². The smallest absolute Gasteiger partial charge is 0.269 e. The molecule has 1 heterocycles. The molecule has 0 bridgehead atoms. The zero-order valence-corrected chi connectivity index (χ0v) is 15.0. The molecule has 1 aliphatic heterocycles. The van der Waals surface area contributed by atoms with Crippen LogP contribution in [0.1, 0.15) is 20.8 Å². The molecule has 0 saturated carbocycles. The van der Waals surface area contributed by atoms with Gasteiger partial charge < -0.3 is 20.1 Å². The predicted octanol–water partition coefficient (Wildman–Crippen LogP) is 3.45. The van der Waals surface area contributed by atoms with Crippen LogP contribution in [0.2, 0.25) is 0 Å². The molecule has 0 fully saturated rings. The Morgan fingerprint density at radius 1 is 0.923 bits per heavy atom. The molecule has 26 heavy (non-hydrogen) atoms. The number of benzene rings is 2. The molecule has 6 nitrogen and oxygen atoms in total. The predicted molar refractivity (Wildman–Crippen MR) is 99.5 cm³/mol. The van der Waals surface area contributed by atoms with Crippen LogP contribution in [-0.4, -0.2) is 24.5 Å². The highest BCUT2D eigenvalue weighted by Crippen LogP contribution is 2.31. The van der Waals surface area contributed by atoms with Crippen molar-refractivity contribution < 1.29 is 19.1 Å². The average Bonchev–Trinajstić information content (AvgIpc) is 2.62. The van der Waals surface area contributed by atoms with Crippen LogP contribution in [0.25, 0.3) is 0 Å². The summed E-state index contributed by atoms with van der Waals surface area (Å²) < 4.78 is 11.2. The van der Waals surface area contributed by atoms with E-state index >= 15 is 0 Å². The lowest BCUT2D eigenvalue weighted by atomic mass is 9.95. The SMILES string of the molecule is CC(C)(C)C(=O)Nc1ccc(NC(=O)[C@H]2COc3ccccc3O2)cc1. The van der Waals surface area contributed by atoms with E-state index in [1.54, 1.807) is 36.4 Å². The molecule has 0 aliphatic carbocycles. The van der Waals surface area contributed by atoms with Gasteiger partial charge >= 0.3 is 0 Å². The van der Waals surface area contributed by atoms with Crippen LogP contribution in [0.5, 0.6) is 11.5 Å². The van der Waals surface area contributed by atoms with Crippen LogP contribution in [0.4, 0.5) is 11.4 Å². The molecule has 1 aliphatic rings. The number of nitrogens with one attached hydrogen (secondary N) is 2. The quantitative estimate of drug-likeness (QED) is 0.885. The molecule has 0 aromatic heterocycles. The average molecular weight is 354 g/mol. The van der Waals surface area contributed by atoms with Crippen LogP contribution in [0.15, 0.2) is 48.5 Å². The topological polar surface area (TPSA) is 76.7 Å². The van der Waals surface area contributed by atoms with Crippen molar-refractivity contribution in [3.63, 3.8) is 0 Å². The minimum atomic E-state index is -0.717. The van der Waals surface area contributed by atoms with Crippen molar-refractivity contribution in [3.8, 4) is 11.5 Å². The van der Waals surface area contributed by atoms with Gasteiger partial charge in [0.15, 0.2) is 11.5 Å². The number of amides is 2. The number of hydrogen-bond donors (Lipinski definition) is 2. The van der Waals surface area contributed by atoms with Gasteiger partial charge in [-0.3, -0.25) is 9.59 Å². The lowest BCUT2D eigenvalue weighted by Gasteiger charge is -2.25. The van der Waals surface area contributed by atoms with Gasteiger partial charge in [0.1, 0.15) is 6.61 Å². The second-order valence-corrected chi connectivity index (χ2v) is 7.13. The second kappa shape index (κ2) is 7.07. The first-order valence-electron chi connectivity index (χ1n) is 8.44. The van der Waals surface area contributed by atoms with E-state index in [1.165, 1.54) is 0 Å². The lowest BCUT2D eigenvalue weighted by molar-refractivity contribution is -0.125. The van der Waals surface area contributed by atoms with Gasteiger partial charge in [-0.1, -0.05) is 32.9 Å². The first-order chi connectivity index (χ1) is 12.3. The summed E-state index contributed by atoms with van der Waals surface area (Å²) in [7, 11) is 0. The summed E-state index contributed by atoms with van der Waals surface area (Å²) in [4.78, 5) is 24.4. The highest BCUT2D eigenvalue weighted by atomic mass is 16.6. The summed E-state index contributed by atoms with van der Waals surface area (Å²) in [6.45, 7) is 5.70. The first kappa shape index (κ1) is 17.8. The van der Waals surface area contributed by atoms with Crippen LogP contribution < -0.4 is 20.1 Å². The Bertz CT molecular complexity index is 809. The fourth-order valence-corrected chi connectivity index (χ4v) is 2.33. The van der Waals surface area contributed by atoms with Gasteiger partial charge in [0, 0.05) is 16.8 Å². The Labute approximate surface area is 152 Å². The number of rotatable bonds is 3. The fourth-order valence-electron chi connectivity index (χ4n) is 2.33. The number of fused-ring (bicyclic) bond motifs is 1. The molecule has 0 unspecified atom stereocenters. The highest BCUT2D eigenvalue weighted by Gasteiger charge is 2.27. The number of hydrogen-bond acceptors (Lipinski definition) is 4. The van der Waals surface area contributed by atoms with Gasteiger partial charge in [-0.25, -0.2) is 0 Å². The van der Waals surface area contributed by atoms with E-state index in [2.05, 4.69) is 10.6 Å². The molecule has 1 atom stereocenters. The summed E-state index contributed by atoms with van der Waals surface area (Å²) in [5.41, 5.74) is 0.821. The molecule has 3 rings (SSSR count). The van der Waals surface area contributed by atoms with Crippen molar-refractivity contribution in [2.45, 2.75) is 26.9 Å². The maximum atomic E-state index is 12.4. The summed E-state index contributed by atoms with van der Waals surface area (Å²) >= 11 is 0. The van der Waals surface area contributed by atoms with E-state index in [0.717, 1.165) is 0 Å². The van der Waals surface area contributed by atoms with Gasteiger partial charge in [-0.05, 0) is 36.4 Å². The summed E-state index contributed by atoms with van der Waals surface area (Å²) in [5.74, 6) is 0.835. The summed E-state index contributed by atoms with van der Waals surface area (Å²) in [6, 6.07) is 14.2. The van der Waals surface area contributed by atoms with Gasteiger partial charge in [-0.2, -0.15) is 0 Å². The molecule has 0 spiro atoms. The fraction of sp³-hybridized carbons (Fsp3) is 0.300. The molecule has 2 amide bonds. The van der Waals surface area contributed by atoms with E-state index in [4.69, 9.17) is 9.47 Å². The third-order valence-corrected chi connectivity index (χ3v) is 3.89. The molecular weight excluding hydrogens is 332 g/mol. The van der Waals surface area contributed by atoms with Gasteiger partial charge in [0.05, 0.1) is 0 Å². The van der Waals surface area contributed by atoms with Crippen molar-refractivity contribution in [3.05, 3.63) is 48.5 Å². The van der Waals surface area contributed by atoms with Crippen molar-refractivity contribution >= 4 is 23.2 Å². The zero-order chi connectivity index (χ0) is 18.7. The molecule has 0 saturated heterocycles. The third-order valence-electron chi connectivity index (χ3n) is 3.89. The Morgan fingerprint density at radius 3 is 2.12 bits per heavy atom. The molecule has 2 aromatic carbocycles. The maximum Gasteiger partial charge on any atom is 0.269 e. The number of carbonyl (C=O) groups excluding carboxylic acids is 2. The van der Waals surface area contributed by atoms with E-state index < -0.39 is 11.5 Å². The highest BCUT2D eigenvalue weighted by molar-refractivity contribution is 5.96. The van der Waals surface area contributed by atoms with Crippen molar-refractivity contribution in [1.29, 1.82) is 0 Å². The van der Waals surface area contributed by atoms with Crippen LogP contribution in [0, 0.1) is 5.41 Å². The molecular formula is C20H22N2O4. The van der Waals surface area contributed by atoms with Crippen molar-refractivity contribution in [2.75, 3.05) is 17.2 Å². The zero-order valence-electron chi connectivity index (χ0n) is 15.0. The second-order valence-electron chi connectivity index (χ2n) is 7.13. The Morgan fingerprint density at radius 2 is 1.50 bits per heavy atom. The maximum absolute atomic E-state index is 12.4. The third kappa shape index (κ3) is 4.14. The van der Waals surface area contributed by atoms with Gasteiger partial charge in [0.25, 0.3) is 5.91 Å². The Balaban J connectivity index is 1.59. The summed E-state index contributed by atoms with van der Waals surface area (Å²) in [6.07, 6.45) is -0.717. The first-order valence-corrected chi connectivity index (χ1v) is 8.44. The monoisotopic (exact) mass is 354 g/mol.